The molecule has 3 N–H and O–H groups in total. The molecule has 13 heteroatoms. The van der Waals surface area contributed by atoms with E-state index < -0.39 is 95.3 Å². The van der Waals surface area contributed by atoms with Gasteiger partial charge in [-0.2, -0.15) is 0 Å². The summed E-state index contributed by atoms with van der Waals surface area (Å²) in [7, 11) is 5.32. The van der Waals surface area contributed by atoms with Crippen molar-refractivity contribution in [2.24, 2.45) is 23.7 Å². The van der Waals surface area contributed by atoms with Crippen molar-refractivity contribution in [2.75, 3.05) is 21.2 Å². The van der Waals surface area contributed by atoms with Gasteiger partial charge in [-0.1, -0.05) is 33.8 Å². The molecule has 49 heavy (non-hydrogen) atoms. The number of nitrogens with one attached hydrogen (secondary N) is 1. The maximum absolute atomic E-state index is 13.8. The highest BCUT2D eigenvalue weighted by Crippen LogP contribution is 2.46. The molecular formula is C36H62N2O11. The summed E-state index contributed by atoms with van der Waals surface area (Å²) in [6.07, 6.45) is -3.02. The van der Waals surface area contributed by atoms with E-state index in [4.69, 9.17) is 28.4 Å². The van der Waals surface area contributed by atoms with Gasteiger partial charge in [0, 0.05) is 25.9 Å². The van der Waals surface area contributed by atoms with Crippen LogP contribution < -0.4 is 5.32 Å². The Labute approximate surface area is 292 Å². The summed E-state index contributed by atoms with van der Waals surface area (Å²) in [6, 6.07) is -0.988. The summed E-state index contributed by atoms with van der Waals surface area (Å²) in [4.78, 5) is 40.9. The number of ether oxygens (including phenoxy) is 6. The van der Waals surface area contributed by atoms with Crippen molar-refractivity contribution in [3.05, 3.63) is 12.7 Å². The Kier molecular flexibility index (Phi) is 13.4. The number of aliphatic hydroxyl groups is 2. The first kappa shape index (κ1) is 41.1. The number of nitrogens with zero attached hydrogens (tertiary/aromatic N) is 1. The molecule has 13 nitrogen and oxygen atoms in total. The largest absolute Gasteiger partial charge is 0.458 e. The molecule has 3 aliphatic heterocycles. The van der Waals surface area contributed by atoms with E-state index in [1.807, 2.05) is 53.6 Å². The summed E-state index contributed by atoms with van der Waals surface area (Å²) in [5, 5.41) is 27.4. The lowest BCUT2D eigenvalue weighted by molar-refractivity contribution is -0.305. The van der Waals surface area contributed by atoms with Crippen LogP contribution in [-0.2, 0) is 38.0 Å². The molecule has 0 spiro atoms. The van der Waals surface area contributed by atoms with Crippen LogP contribution in [0.15, 0.2) is 12.7 Å². The standard InChI is InChI=1S/C36H62N2O11/c1-14-16-36(43)19(3)18-34(9,44-13)30(48-32-28(46-24(8)39)25(38(11)12)17-20(4)45-32)21(5)27(40)22(6)31(41)47-26(15-2)35(10)29(23(36)7)37-33(42)49-35/h14,19-23,25-30,32,40,43H,1,15-18H2,2-13H3,(H,37,42)/t19-,20-,21+,22-,23-,25+,26?,27+,28-,29-,30-,32+,34-,35-,36+/m1/s1. The lowest BCUT2D eigenvalue weighted by Gasteiger charge is -2.51. The van der Waals surface area contributed by atoms with Gasteiger partial charge in [0.05, 0.1) is 47.5 Å². The summed E-state index contributed by atoms with van der Waals surface area (Å²) in [5.41, 5.74) is -3.99. The van der Waals surface area contributed by atoms with E-state index in [1.54, 1.807) is 26.8 Å². The number of methoxy groups -OCH3 is 1. The van der Waals surface area contributed by atoms with Gasteiger partial charge in [-0.3, -0.25) is 9.59 Å². The Balaban J connectivity index is 2.21. The second-order valence-corrected chi connectivity index (χ2v) is 15.3. The number of amides is 1. The van der Waals surface area contributed by atoms with E-state index in [9.17, 15) is 24.6 Å². The molecule has 0 aromatic rings. The number of aliphatic hydroxyl groups excluding tert-OH is 1. The van der Waals surface area contributed by atoms with Crippen LogP contribution in [0.3, 0.4) is 0 Å². The molecule has 282 valence electrons. The number of hydrogen-bond donors (Lipinski definition) is 3. The van der Waals surface area contributed by atoms with Crippen LogP contribution in [0.5, 0.6) is 0 Å². The van der Waals surface area contributed by atoms with Gasteiger partial charge in [0.15, 0.2) is 18.0 Å². The molecule has 0 radical (unpaired) electrons. The number of carbonyl (C=O) groups excluding carboxylic acids is 3. The van der Waals surface area contributed by atoms with E-state index in [-0.39, 0.29) is 25.0 Å². The maximum atomic E-state index is 13.8. The molecule has 1 unspecified atom stereocenters. The molecule has 3 rings (SSSR count). The number of esters is 2. The molecule has 0 bridgehead atoms. The molecule has 3 heterocycles. The highest BCUT2D eigenvalue weighted by atomic mass is 16.7. The van der Waals surface area contributed by atoms with E-state index in [1.165, 1.54) is 14.0 Å². The fourth-order valence-corrected chi connectivity index (χ4v) is 8.46. The van der Waals surface area contributed by atoms with Gasteiger partial charge in [-0.15, -0.1) is 6.58 Å². The second kappa shape index (κ2) is 15.9. The number of rotatable bonds is 8. The Bertz CT molecular complexity index is 1190. The van der Waals surface area contributed by atoms with Crippen molar-refractivity contribution < 1.29 is 53.0 Å². The molecule has 0 aromatic carbocycles. The van der Waals surface area contributed by atoms with E-state index >= 15 is 0 Å². The number of hydrogen-bond acceptors (Lipinski definition) is 12. The SMILES string of the molecule is C=CC[C@]1(O)[C@H](C)C[C@@](C)(OC)[C@H](O[C@@H]2O[C@H](C)C[C@H](N(C)C)[C@H]2OC(C)=O)[C@@H](C)[C@H](O)[C@@H](C)C(=O)OC(CC)[C@@]2(C)OC(=O)N[C@@H]2[C@H]1C. The molecule has 1 amide bonds. The molecule has 0 saturated carbocycles. The molecular weight excluding hydrogens is 636 g/mol. The van der Waals surface area contributed by atoms with Crippen molar-refractivity contribution >= 4 is 18.0 Å². The smallest absolute Gasteiger partial charge is 0.408 e. The predicted octanol–water partition coefficient (Wildman–Crippen LogP) is 3.58. The van der Waals surface area contributed by atoms with Crippen LogP contribution in [0.2, 0.25) is 0 Å². The fourth-order valence-electron chi connectivity index (χ4n) is 8.46. The zero-order valence-electron chi connectivity index (χ0n) is 31.6. The quantitative estimate of drug-likeness (QED) is 0.192. The van der Waals surface area contributed by atoms with E-state index in [0.29, 0.717) is 12.8 Å². The van der Waals surface area contributed by atoms with Crippen molar-refractivity contribution in [3.8, 4) is 0 Å². The third kappa shape index (κ3) is 8.28. The first-order valence-corrected chi connectivity index (χ1v) is 17.6. The van der Waals surface area contributed by atoms with Crippen LogP contribution in [0, 0.1) is 23.7 Å². The van der Waals surface area contributed by atoms with Gasteiger partial charge in [-0.05, 0) is 73.4 Å². The van der Waals surface area contributed by atoms with Crippen molar-refractivity contribution in [2.45, 2.75) is 154 Å². The normalized spacial score (nSPS) is 45.4. The Morgan fingerprint density at radius 3 is 2.33 bits per heavy atom. The predicted molar refractivity (Wildman–Crippen MR) is 181 cm³/mol. The number of carbonyl (C=O) groups is 3. The van der Waals surface area contributed by atoms with Gasteiger partial charge in [0.1, 0.15) is 6.10 Å². The Morgan fingerprint density at radius 2 is 1.80 bits per heavy atom. The van der Waals surface area contributed by atoms with Crippen LogP contribution >= 0.6 is 0 Å². The first-order valence-electron chi connectivity index (χ1n) is 17.6. The van der Waals surface area contributed by atoms with Gasteiger partial charge >= 0.3 is 18.0 Å². The van der Waals surface area contributed by atoms with Gasteiger partial charge in [0.25, 0.3) is 0 Å². The van der Waals surface area contributed by atoms with Gasteiger partial charge < -0.3 is 48.9 Å². The third-order valence-electron chi connectivity index (χ3n) is 11.6. The Morgan fingerprint density at radius 1 is 1.16 bits per heavy atom. The minimum atomic E-state index is -1.47. The average molecular weight is 699 g/mol. The number of cyclic esters (lactones) is 1. The number of likely N-dealkylation sites (N-methyl/N-ethyl adjacent to an activating group) is 1. The average Bonchev–Trinajstić information content (AvgIpc) is 3.34. The highest BCUT2D eigenvalue weighted by molar-refractivity contribution is 5.74. The highest BCUT2D eigenvalue weighted by Gasteiger charge is 2.60. The topological polar surface area (TPSA) is 162 Å². The molecule has 0 aliphatic carbocycles. The van der Waals surface area contributed by atoms with Crippen molar-refractivity contribution in [1.82, 2.24) is 10.2 Å². The van der Waals surface area contributed by atoms with E-state index in [2.05, 4.69) is 11.9 Å². The number of alkyl carbamates (subject to hydrolysis) is 1. The fraction of sp³-hybridized carbons (Fsp3) is 0.861. The number of fused-ring (bicyclic) bond motifs is 1. The lowest BCUT2D eigenvalue weighted by atomic mass is 9.65. The molecule has 15 atom stereocenters. The van der Waals surface area contributed by atoms with E-state index in [0.717, 1.165) is 0 Å². The summed E-state index contributed by atoms with van der Waals surface area (Å²) >= 11 is 0. The summed E-state index contributed by atoms with van der Waals surface area (Å²) < 4.78 is 37.1. The van der Waals surface area contributed by atoms with Gasteiger partial charge in [-0.25, -0.2) is 4.79 Å². The van der Waals surface area contributed by atoms with Crippen LogP contribution in [0.25, 0.3) is 0 Å². The maximum Gasteiger partial charge on any atom is 0.408 e. The molecule has 3 saturated heterocycles. The van der Waals surface area contributed by atoms with Gasteiger partial charge in [0.2, 0.25) is 0 Å². The second-order valence-electron chi connectivity index (χ2n) is 15.3. The van der Waals surface area contributed by atoms with Crippen molar-refractivity contribution in [1.29, 1.82) is 0 Å². The lowest BCUT2D eigenvalue weighted by Crippen LogP contribution is -2.63. The monoisotopic (exact) mass is 698 g/mol. The van der Waals surface area contributed by atoms with Crippen molar-refractivity contribution in [3.63, 3.8) is 0 Å². The van der Waals surface area contributed by atoms with Crippen LogP contribution in [0.4, 0.5) is 4.79 Å². The minimum Gasteiger partial charge on any atom is -0.458 e. The summed E-state index contributed by atoms with van der Waals surface area (Å²) in [6.45, 7) is 19.6. The Hall–Kier alpha value is -2.29. The molecule has 3 aliphatic rings. The third-order valence-corrected chi connectivity index (χ3v) is 11.6. The first-order chi connectivity index (χ1) is 22.7. The molecule has 0 aromatic heterocycles. The summed E-state index contributed by atoms with van der Waals surface area (Å²) in [5.74, 6) is -4.09. The van der Waals surface area contributed by atoms with Crippen LogP contribution in [-0.4, -0.2) is 120 Å². The zero-order valence-corrected chi connectivity index (χ0v) is 31.6. The van der Waals surface area contributed by atoms with Crippen LogP contribution in [0.1, 0.15) is 88.0 Å². The zero-order chi connectivity index (χ0) is 37.2. The molecule has 3 fully saturated rings. The minimum absolute atomic E-state index is 0.164.